The quantitative estimate of drug-likeness (QED) is 0.790. The summed E-state index contributed by atoms with van der Waals surface area (Å²) < 4.78 is 0. The molecule has 2 N–H and O–H groups in total. The lowest BCUT2D eigenvalue weighted by molar-refractivity contribution is -0.148. The van der Waals surface area contributed by atoms with E-state index in [9.17, 15) is 14.7 Å². The largest absolute Gasteiger partial charge is 0.481 e. The molecule has 0 aromatic carbocycles. The zero-order valence-corrected chi connectivity index (χ0v) is 12.9. The third kappa shape index (κ3) is 2.74. The Labute approximate surface area is 126 Å². The molecule has 0 bridgehead atoms. The minimum atomic E-state index is -0.753. The first-order chi connectivity index (χ1) is 10.0. The Kier molecular flexibility index (Phi) is 3.62. The maximum atomic E-state index is 12.3. The second kappa shape index (κ2) is 5.18. The van der Waals surface area contributed by atoms with Crippen LogP contribution in [0.5, 0.6) is 0 Å². The predicted octanol–water partition coefficient (Wildman–Crippen LogP) is 2.46. The maximum absolute atomic E-state index is 12.3. The fourth-order valence-electron chi connectivity index (χ4n) is 3.96. The number of hydrogen-bond donors (Lipinski definition) is 2. The van der Waals surface area contributed by atoms with Crippen molar-refractivity contribution in [2.45, 2.75) is 51.9 Å². The first-order valence-corrected chi connectivity index (χ1v) is 8.28. The van der Waals surface area contributed by atoms with E-state index in [1.165, 1.54) is 25.7 Å². The Bertz CT molecular complexity index is 443. The van der Waals surface area contributed by atoms with Crippen LogP contribution in [-0.4, -0.2) is 41.6 Å². The van der Waals surface area contributed by atoms with Crippen molar-refractivity contribution in [3.8, 4) is 0 Å². The van der Waals surface area contributed by atoms with Crippen molar-refractivity contribution in [2.24, 2.45) is 16.7 Å². The second-order valence-electron chi connectivity index (χ2n) is 7.30. The molecule has 5 heteroatoms. The Morgan fingerprint density at radius 1 is 1.29 bits per heavy atom. The van der Waals surface area contributed by atoms with Crippen LogP contribution >= 0.6 is 0 Å². The summed E-state index contributed by atoms with van der Waals surface area (Å²) >= 11 is 0. The van der Waals surface area contributed by atoms with Gasteiger partial charge in [-0.15, -0.1) is 0 Å². The van der Waals surface area contributed by atoms with Gasteiger partial charge in [-0.25, -0.2) is 4.79 Å². The van der Waals surface area contributed by atoms with Crippen molar-refractivity contribution in [3.05, 3.63) is 0 Å². The van der Waals surface area contributed by atoms with Gasteiger partial charge in [0, 0.05) is 19.6 Å². The van der Waals surface area contributed by atoms with Crippen molar-refractivity contribution in [1.29, 1.82) is 0 Å². The smallest absolute Gasteiger partial charge is 0.317 e. The number of likely N-dealkylation sites (tertiary alicyclic amines) is 1. The summed E-state index contributed by atoms with van der Waals surface area (Å²) in [5.74, 6) is 0.0749. The van der Waals surface area contributed by atoms with Crippen LogP contribution < -0.4 is 5.32 Å². The predicted molar refractivity (Wildman–Crippen MR) is 79.0 cm³/mol. The number of carboxylic acids is 1. The lowest BCUT2D eigenvalue weighted by Crippen LogP contribution is -2.43. The van der Waals surface area contributed by atoms with Crippen LogP contribution in [0.15, 0.2) is 0 Å². The van der Waals surface area contributed by atoms with Gasteiger partial charge in [0.05, 0.1) is 5.41 Å². The molecular weight excluding hydrogens is 268 g/mol. The van der Waals surface area contributed by atoms with E-state index in [0.29, 0.717) is 31.3 Å². The number of aliphatic carboxylic acids is 1. The fourth-order valence-corrected chi connectivity index (χ4v) is 3.96. The third-order valence-electron chi connectivity index (χ3n) is 5.75. The molecular formula is C16H26N2O3. The van der Waals surface area contributed by atoms with Gasteiger partial charge in [0.1, 0.15) is 0 Å². The van der Waals surface area contributed by atoms with Crippen LogP contribution in [-0.2, 0) is 4.79 Å². The summed E-state index contributed by atoms with van der Waals surface area (Å²) in [4.78, 5) is 25.5. The van der Waals surface area contributed by atoms with Gasteiger partial charge in [0.2, 0.25) is 0 Å². The average Bonchev–Trinajstić information content (AvgIpc) is 3.34. The molecule has 2 amide bonds. The second-order valence-corrected chi connectivity index (χ2v) is 7.30. The minimum Gasteiger partial charge on any atom is -0.481 e. The van der Waals surface area contributed by atoms with E-state index in [2.05, 4.69) is 5.32 Å². The van der Waals surface area contributed by atoms with Crippen LogP contribution in [0.1, 0.15) is 51.9 Å². The molecule has 2 saturated carbocycles. The normalized spacial score (nSPS) is 30.2. The van der Waals surface area contributed by atoms with Gasteiger partial charge >= 0.3 is 12.0 Å². The first kappa shape index (κ1) is 14.7. The van der Waals surface area contributed by atoms with Crippen LogP contribution in [0.25, 0.3) is 0 Å². The molecule has 21 heavy (non-hydrogen) atoms. The van der Waals surface area contributed by atoms with Gasteiger partial charge < -0.3 is 15.3 Å². The highest BCUT2D eigenvalue weighted by Gasteiger charge is 2.54. The van der Waals surface area contributed by atoms with Crippen molar-refractivity contribution in [1.82, 2.24) is 10.2 Å². The SMILES string of the molecule is CCCC1(C(=O)O)CCN(C(=O)NCC2(C3CC3)CC2)C1. The molecule has 0 spiro atoms. The zero-order valence-electron chi connectivity index (χ0n) is 12.9. The number of rotatable bonds is 6. The Morgan fingerprint density at radius 3 is 2.52 bits per heavy atom. The van der Waals surface area contributed by atoms with Gasteiger partial charge in [0.15, 0.2) is 0 Å². The number of nitrogens with zero attached hydrogens (tertiary/aromatic N) is 1. The van der Waals surface area contributed by atoms with Gasteiger partial charge in [-0.2, -0.15) is 0 Å². The van der Waals surface area contributed by atoms with Gasteiger partial charge in [-0.1, -0.05) is 13.3 Å². The number of carbonyl (C=O) groups excluding carboxylic acids is 1. The maximum Gasteiger partial charge on any atom is 0.317 e. The summed E-state index contributed by atoms with van der Waals surface area (Å²) in [7, 11) is 0. The van der Waals surface area contributed by atoms with Crippen molar-refractivity contribution >= 4 is 12.0 Å². The molecule has 3 rings (SSSR count). The molecule has 0 radical (unpaired) electrons. The van der Waals surface area contributed by atoms with E-state index in [1.807, 2.05) is 6.92 Å². The highest BCUT2D eigenvalue weighted by molar-refractivity contribution is 5.79. The number of carboxylic acid groups (broad SMARTS) is 1. The Hall–Kier alpha value is -1.26. The van der Waals surface area contributed by atoms with Crippen LogP contribution in [0, 0.1) is 16.7 Å². The average molecular weight is 294 g/mol. The lowest BCUT2D eigenvalue weighted by Gasteiger charge is -2.25. The Morgan fingerprint density at radius 2 is 2.00 bits per heavy atom. The standard InChI is InChI=1S/C16H26N2O3/c1-2-5-16(13(19)20)8-9-18(11-16)14(21)17-10-15(6-7-15)12-3-4-12/h12H,2-11H2,1H3,(H,17,21)(H,19,20). The molecule has 5 nitrogen and oxygen atoms in total. The number of hydrogen-bond acceptors (Lipinski definition) is 2. The van der Waals surface area contributed by atoms with E-state index in [-0.39, 0.29) is 6.03 Å². The minimum absolute atomic E-state index is 0.0684. The van der Waals surface area contributed by atoms with Crippen LogP contribution in [0.2, 0.25) is 0 Å². The van der Waals surface area contributed by atoms with Crippen LogP contribution in [0.4, 0.5) is 4.79 Å². The summed E-state index contributed by atoms with van der Waals surface area (Å²) in [6.07, 6.45) is 7.19. The first-order valence-electron chi connectivity index (χ1n) is 8.28. The number of carbonyl (C=O) groups is 2. The highest BCUT2D eigenvalue weighted by Crippen LogP contribution is 2.60. The molecule has 1 aliphatic heterocycles. The molecule has 118 valence electrons. The van der Waals surface area contributed by atoms with Crippen molar-refractivity contribution < 1.29 is 14.7 Å². The number of urea groups is 1. The molecule has 2 aliphatic carbocycles. The fraction of sp³-hybridized carbons (Fsp3) is 0.875. The lowest BCUT2D eigenvalue weighted by atomic mass is 9.83. The van der Waals surface area contributed by atoms with E-state index < -0.39 is 11.4 Å². The topological polar surface area (TPSA) is 69.6 Å². The van der Waals surface area contributed by atoms with Crippen LogP contribution in [0.3, 0.4) is 0 Å². The highest BCUT2D eigenvalue weighted by atomic mass is 16.4. The summed E-state index contributed by atoms with van der Waals surface area (Å²) in [6.45, 7) is 3.70. The van der Waals surface area contributed by atoms with E-state index >= 15 is 0 Å². The molecule has 3 fully saturated rings. The van der Waals surface area contributed by atoms with Crippen molar-refractivity contribution in [2.75, 3.05) is 19.6 Å². The summed E-state index contributed by atoms with van der Waals surface area (Å²) in [5.41, 5.74) is -0.331. The molecule has 1 atom stereocenters. The number of amides is 2. The monoisotopic (exact) mass is 294 g/mol. The zero-order chi connectivity index (χ0) is 15.1. The molecule has 1 unspecified atom stereocenters. The molecule has 0 aromatic rings. The summed E-state index contributed by atoms with van der Waals surface area (Å²) in [6, 6.07) is -0.0684. The molecule has 0 aromatic heterocycles. The third-order valence-corrected chi connectivity index (χ3v) is 5.75. The molecule has 1 saturated heterocycles. The van der Waals surface area contributed by atoms with Gasteiger partial charge in [-0.05, 0) is 49.9 Å². The summed E-state index contributed by atoms with van der Waals surface area (Å²) in [5, 5.41) is 12.5. The van der Waals surface area contributed by atoms with E-state index in [1.54, 1.807) is 4.90 Å². The molecule has 1 heterocycles. The van der Waals surface area contributed by atoms with E-state index in [4.69, 9.17) is 0 Å². The van der Waals surface area contributed by atoms with Crippen molar-refractivity contribution in [3.63, 3.8) is 0 Å². The molecule has 3 aliphatic rings. The van der Waals surface area contributed by atoms with E-state index in [0.717, 1.165) is 18.9 Å². The van der Waals surface area contributed by atoms with Gasteiger partial charge in [0.25, 0.3) is 0 Å². The van der Waals surface area contributed by atoms with Gasteiger partial charge in [-0.3, -0.25) is 4.79 Å². The Balaban J connectivity index is 1.53. The number of nitrogens with one attached hydrogen (secondary N) is 1.